The number of hydrogen-bond donors (Lipinski definition) is 5. The van der Waals surface area contributed by atoms with Crippen LogP contribution in [0.2, 0.25) is 0 Å². The van der Waals surface area contributed by atoms with Crippen LogP contribution < -0.4 is 22.1 Å². The summed E-state index contributed by atoms with van der Waals surface area (Å²) in [5.41, 5.74) is 17.8. The number of aromatic carboxylic acids is 1. The van der Waals surface area contributed by atoms with E-state index in [9.17, 15) is 14.7 Å². The van der Waals surface area contributed by atoms with Gasteiger partial charge in [-0.15, -0.1) is 11.3 Å². The third-order valence-corrected chi connectivity index (χ3v) is 6.93. The van der Waals surface area contributed by atoms with Gasteiger partial charge in [0.2, 0.25) is 0 Å². The van der Waals surface area contributed by atoms with Crippen molar-refractivity contribution in [2.75, 3.05) is 16.4 Å². The maximum absolute atomic E-state index is 12.4. The number of carboxylic acids is 1. The molecule has 9 heteroatoms. The van der Waals surface area contributed by atoms with Crippen LogP contribution in [0, 0.1) is 0 Å². The van der Waals surface area contributed by atoms with Gasteiger partial charge in [0.1, 0.15) is 5.82 Å². The maximum atomic E-state index is 12.4. The number of carbonyl (C=O) groups excluding carboxylic acids is 1. The van der Waals surface area contributed by atoms with E-state index in [1.165, 1.54) is 11.3 Å². The van der Waals surface area contributed by atoms with Gasteiger partial charge in [-0.05, 0) is 58.5 Å². The Kier molecular flexibility index (Phi) is 6.55. The molecule has 8 nitrogen and oxygen atoms in total. The molecule has 2 heterocycles. The predicted molar refractivity (Wildman–Crippen MR) is 149 cm³/mol. The number of aromatic nitrogens is 1. The lowest BCUT2D eigenvalue weighted by Crippen LogP contribution is -2.19. The zero-order valence-electron chi connectivity index (χ0n) is 19.6. The van der Waals surface area contributed by atoms with E-state index in [0.29, 0.717) is 23.7 Å². The van der Waals surface area contributed by atoms with Crippen LogP contribution in [-0.4, -0.2) is 22.1 Å². The fraction of sp³-hybridized carbons (Fsp3) is 0.0357. The molecule has 0 spiro atoms. The molecule has 0 unspecified atom stereocenters. The minimum atomic E-state index is -0.986. The number of thiophene rings is 1. The SMILES string of the molecule is NCc1cccc(NC(=O)Nc2ccc(-c3csc4c(-c5cccc(C(=O)O)c5)cnc(N)c34)cc2)c1. The fourth-order valence-corrected chi connectivity index (χ4v) is 5.23. The predicted octanol–water partition coefficient (Wildman–Crippen LogP) is 6.01. The Balaban J connectivity index is 1.40. The number of amides is 2. The van der Waals surface area contributed by atoms with Gasteiger partial charge in [-0.1, -0.05) is 36.4 Å². The van der Waals surface area contributed by atoms with E-state index in [-0.39, 0.29) is 11.6 Å². The Bertz CT molecular complexity index is 1630. The minimum absolute atomic E-state index is 0.207. The Labute approximate surface area is 216 Å². The van der Waals surface area contributed by atoms with E-state index in [1.54, 1.807) is 30.5 Å². The number of hydrogen-bond acceptors (Lipinski definition) is 6. The number of anilines is 3. The number of carbonyl (C=O) groups is 2. The highest BCUT2D eigenvalue weighted by Crippen LogP contribution is 2.42. The van der Waals surface area contributed by atoms with Crippen LogP contribution >= 0.6 is 11.3 Å². The van der Waals surface area contributed by atoms with Gasteiger partial charge in [-0.25, -0.2) is 14.6 Å². The first kappa shape index (κ1) is 24.0. The summed E-state index contributed by atoms with van der Waals surface area (Å²) >= 11 is 1.52. The van der Waals surface area contributed by atoms with E-state index in [4.69, 9.17) is 11.5 Å². The molecule has 0 radical (unpaired) electrons. The Morgan fingerprint density at radius 3 is 2.41 bits per heavy atom. The molecule has 0 atom stereocenters. The third kappa shape index (κ3) is 4.99. The number of carboxylic acid groups (broad SMARTS) is 1. The molecule has 0 aliphatic heterocycles. The monoisotopic (exact) mass is 509 g/mol. The van der Waals surface area contributed by atoms with Crippen molar-refractivity contribution in [3.05, 3.63) is 95.5 Å². The molecule has 0 aliphatic carbocycles. The van der Waals surface area contributed by atoms with Crippen LogP contribution in [-0.2, 0) is 6.54 Å². The molecule has 37 heavy (non-hydrogen) atoms. The molecule has 2 amide bonds. The van der Waals surface area contributed by atoms with Gasteiger partial charge in [-0.2, -0.15) is 0 Å². The molecule has 7 N–H and O–H groups in total. The van der Waals surface area contributed by atoms with Gasteiger partial charge >= 0.3 is 12.0 Å². The summed E-state index contributed by atoms with van der Waals surface area (Å²) in [7, 11) is 0. The van der Waals surface area contributed by atoms with E-state index in [1.807, 2.05) is 53.9 Å². The first-order valence-corrected chi connectivity index (χ1v) is 12.3. The average Bonchev–Trinajstić information content (AvgIpc) is 3.35. The van der Waals surface area contributed by atoms with Crippen LogP contribution in [0.25, 0.3) is 32.3 Å². The normalized spacial score (nSPS) is 10.8. The number of benzene rings is 3. The zero-order chi connectivity index (χ0) is 25.9. The van der Waals surface area contributed by atoms with Gasteiger partial charge in [0.05, 0.1) is 5.56 Å². The summed E-state index contributed by atoms with van der Waals surface area (Å²) in [5.74, 6) is -0.592. The molecule has 5 aromatic rings. The largest absolute Gasteiger partial charge is 0.478 e. The number of pyridine rings is 1. The smallest absolute Gasteiger partial charge is 0.335 e. The number of rotatable bonds is 6. The van der Waals surface area contributed by atoms with Gasteiger partial charge in [-0.3, -0.25) is 0 Å². The van der Waals surface area contributed by atoms with Crippen molar-refractivity contribution in [3.8, 4) is 22.3 Å². The fourth-order valence-electron chi connectivity index (χ4n) is 4.11. The minimum Gasteiger partial charge on any atom is -0.478 e. The number of nitrogens with one attached hydrogen (secondary N) is 2. The van der Waals surface area contributed by atoms with Crippen molar-refractivity contribution < 1.29 is 14.7 Å². The first-order valence-electron chi connectivity index (χ1n) is 11.4. The topological polar surface area (TPSA) is 143 Å². The van der Waals surface area contributed by atoms with E-state index in [0.717, 1.165) is 37.9 Å². The van der Waals surface area contributed by atoms with Gasteiger partial charge in [0, 0.05) is 45.3 Å². The van der Waals surface area contributed by atoms with Crippen molar-refractivity contribution in [2.24, 2.45) is 5.73 Å². The Hall–Kier alpha value is -4.73. The quantitative estimate of drug-likeness (QED) is 0.190. The van der Waals surface area contributed by atoms with Crippen molar-refractivity contribution in [1.29, 1.82) is 0 Å². The highest BCUT2D eigenvalue weighted by molar-refractivity contribution is 7.18. The number of fused-ring (bicyclic) bond motifs is 1. The highest BCUT2D eigenvalue weighted by Gasteiger charge is 2.16. The van der Waals surface area contributed by atoms with E-state index in [2.05, 4.69) is 15.6 Å². The third-order valence-electron chi connectivity index (χ3n) is 5.92. The molecule has 0 saturated carbocycles. The van der Waals surface area contributed by atoms with Gasteiger partial charge in [0.25, 0.3) is 0 Å². The lowest BCUT2D eigenvalue weighted by molar-refractivity contribution is 0.0697. The second kappa shape index (κ2) is 10.1. The Morgan fingerprint density at radius 2 is 1.65 bits per heavy atom. The first-order chi connectivity index (χ1) is 17.9. The number of nitrogens with zero attached hydrogens (tertiary/aromatic N) is 1. The summed E-state index contributed by atoms with van der Waals surface area (Å²) in [5, 5.41) is 17.8. The standard InChI is InChI=1S/C28H23N5O3S/c29-13-16-3-1-6-21(11-16)33-28(36)32-20-9-7-17(8-10-20)23-15-37-25-22(14-31-26(30)24(23)25)18-4-2-5-19(12-18)27(34)35/h1-12,14-15H,13,29H2,(H2,30,31)(H,34,35)(H2,32,33,36). The summed E-state index contributed by atoms with van der Waals surface area (Å²) < 4.78 is 0.923. The van der Waals surface area contributed by atoms with Gasteiger partial charge in [0.15, 0.2) is 0 Å². The molecule has 0 bridgehead atoms. The summed E-state index contributed by atoms with van der Waals surface area (Å²) in [6.07, 6.45) is 1.67. The van der Waals surface area contributed by atoms with Crippen LogP contribution in [0.5, 0.6) is 0 Å². The van der Waals surface area contributed by atoms with Crippen molar-refractivity contribution in [2.45, 2.75) is 6.54 Å². The van der Waals surface area contributed by atoms with Crippen LogP contribution in [0.3, 0.4) is 0 Å². The van der Waals surface area contributed by atoms with E-state index >= 15 is 0 Å². The molecular formula is C28H23N5O3S. The number of nitrogens with two attached hydrogens (primary N) is 2. The van der Waals surface area contributed by atoms with Crippen LogP contribution in [0.4, 0.5) is 22.0 Å². The number of urea groups is 1. The van der Waals surface area contributed by atoms with Crippen molar-refractivity contribution >= 4 is 50.6 Å². The molecule has 2 aromatic heterocycles. The van der Waals surface area contributed by atoms with Crippen molar-refractivity contribution in [1.82, 2.24) is 4.98 Å². The molecule has 184 valence electrons. The Morgan fingerprint density at radius 1 is 0.892 bits per heavy atom. The molecular weight excluding hydrogens is 486 g/mol. The molecule has 0 saturated heterocycles. The lowest BCUT2D eigenvalue weighted by Gasteiger charge is -2.10. The molecule has 0 aliphatic rings. The van der Waals surface area contributed by atoms with E-state index < -0.39 is 5.97 Å². The molecule has 0 fully saturated rings. The zero-order valence-corrected chi connectivity index (χ0v) is 20.4. The lowest BCUT2D eigenvalue weighted by atomic mass is 10.00. The summed E-state index contributed by atoms with van der Waals surface area (Å²) in [6, 6.07) is 21.2. The average molecular weight is 510 g/mol. The van der Waals surface area contributed by atoms with Crippen molar-refractivity contribution in [3.63, 3.8) is 0 Å². The van der Waals surface area contributed by atoms with Crippen LogP contribution in [0.1, 0.15) is 15.9 Å². The summed E-state index contributed by atoms with van der Waals surface area (Å²) in [6.45, 7) is 0.395. The number of nitrogen functional groups attached to an aromatic ring is 1. The van der Waals surface area contributed by atoms with Gasteiger partial charge < -0.3 is 27.2 Å². The molecule has 3 aromatic carbocycles. The highest BCUT2D eigenvalue weighted by atomic mass is 32.1. The second-order valence-corrected chi connectivity index (χ2v) is 9.24. The molecule has 5 rings (SSSR count). The maximum Gasteiger partial charge on any atom is 0.335 e. The second-order valence-electron chi connectivity index (χ2n) is 8.36. The summed E-state index contributed by atoms with van der Waals surface area (Å²) in [4.78, 5) is 28.3. The van der Waals surface area contributed by atoms with Crippen LogP contribution in [0.15, 0.2) is 84.4 Å².